The molecule has 0 saturated carbocycles. The van der Waals surface area contributed by atoms with Crippen molar-refractivity contribution in [2.45, 2.75) is 26.0 Å². The highest BCUT2D eigenvalue weighted by Crippen LogP contribution is 2.26. The zero-order valence-corrected chi connectivity index (χ0v) is 8.07. The van der Waals surface area contributed by atoms with Crippen LogP contribution in [0.2, 0.25) is 0 Å². The Hall–Kier alpha value is -0.120. The number of piperidine rings is 1. The maximum Gasteiger partial charge on any atom is 0.0642 e. The van der Waals surface area contributed by atoms with Gasteiger partial charge in [0.1, 0.15) is 0 Å². The van der Waals surface area contributed by atoms with Gasteiger partial charge in [-0.2, -0.15) is 0 Å². The molecule has 0 bridgehead atoms. The average molecular weight is 173 g/mol. The van der Waals surface area contributed by atoms with Gasteiger partial charge < -0.3 is 15.1 Å². The molecule has 0 amide bonds. The monoisotopic (exact) mass is 173 g/mol. The molecule has 1 heterocycles. The highest BCUT2D eigenvalue weighted by Gasteiger charge is 2.36. The molecule has 0 radical (unpaired) electrons. The highest BCUT2D eigenvalue weighted by molar-refractivity contribution is 4.88. The molecule has 0 spiro atoms. The lowest BCUT2D eigenvalue weighted by atomic mass is 9.82. The number of aliphatic hydroxyl groups excluding tert-OH is 2. The molecular formula is C9H19NO2. The van der Waals surface area contributed by atoms with Crippen LogP contribution >= 0.6 is 0 Å². The van der Waals surface area contributed by atoms with Gasteiger partial charge in [0.15, 0.2) is 0 Å². The Bertz CT molecular complexity index is 137. The molecule has 0 aromatic carbocycles. The van der Waals surface area contributed by atoms with Crippen molar-refractivity contribution in [2.75, 3.05) is 20.2 Å². The quantitative estimate of drug-likeness (QED) is 0.583. The Kier molecular flexibility index (Phi) is 3.09. The van der Waals surface area contributed by atoms with Crippen molar-refractivity contribution in [3.8, 4) is 0 Å². The van der Waals surface area contributed by atoms with E-state index in [0.29, 0.717) is 0 Å². The molecule has 1 saturated heterocycles. The largest absolute Gasteiger partial charge is 0.396 e. The van der Waals surface area contributed by atoms with Crippen LogP contribution in [-0.4, -0.2) is 47.5 Å². The second-order valence-corrected chi connectivity index (χ2v) is 3.99. The summed E-state index contributed by atoms with van der Waals surface area (Å²) >= 11 is 0. The molecular weight excluding hydrogens is 154 g/mol. The molecule has 0 aromatic heterocycles. The molecule has 3 nitrogen and oxygen atoms in total. The molecule has 1 aliphatic heterocycles. The summed E-state index contributed by atoms with van der Waals surface area (Å²) < 4.78 is 0. The molecule has 1 aliphatic rings. The lowest BCUT2D eigenvalue weighted by Gasteiger charge is -2.43. The van der Waals surface area contributed by atoms with E-state index in [1.165, 1.54) is 0 Å². The van der Waals surface area contributed by atoms with Gasteiger partial charge in [-0.25, -0.2) is 0 Å². The number of rotatable bonds is 1. The van der Waals surface area contributed by atoms with E-state index < -0.39 is 0 Å². The fraction of sp³-hybridized carbons (Fsp3) is 1.00. The smallest absolute Gasteiger partial charge is 0.0642 e. The lowest BCUT2D eigenvalue weighted by molar-refractivity contribution is -0.0572. The Labute approximate surface area is 74.0 Å². The van der Waals surface area contributed by atoms with Gasteiger partial charge in [0.25, 0.3) is 0 Å². The summed E-state index contributed by atoms with van der Waals surface area (Å²) in [4.78, 5) is 2.19. The van der Waals surface area contributed by atoms with Gasteiger partial charge in [-0.1, -0.05) is 6.92 Å². The molecule has 3 heteroatoms. The molecule has 12 heavy (non-hydrogen) atoms. The minimum Gasteiger partial charge on any atom is -0.396 e. The molecule has 4 atom stereocenters. The van der Waals surface area contributed by atoms with E-state index in [-0.39, 0.29) is 30.6 Å². The van der Waals surface area contributed by atoms with Crippen molar-refractivity contribution in [2.24, 2.45) is 11.8 Å². The van der Waals surface area contributed by atoms with Crippen LogP contribution in [0.1, 0.15) is 13.8 Å². The van der Waals surface area contributed by atoms with Gasteiger partial charge in [-0.15, -0.1) is 0 Å². The van der Waals surface area contributed by atoms with Gasteiger partial charge in [0.2, 0.25) is 0 Å². The van der Waals surface area contributed by atoms with E-state index in [4.69, 9.17) is 5.11 Å². The van der Waals surface area contributed by atoms with E-state index >= 15 is 0 Å². The van der Waals surface area contributed by atoms with Gasteiger partial charge in [0, 0.05) is 25.1 Å². The molecule has 0 aliphatic carbocycles. The number of hydrogen-bond acceptors (Lipinski definition) is 3. The summed E-state index contributed by atoms with van der Waals surface area (Å²) in [7, 11) is 2.04. The summed E-state index contributed by atoms with van der Waals surface area (Å²) in [5, 5.41) is 18.8. The lowest BCUT2D eigenvalue weighted by Crippen LogP contribution is -2.53. The van der Waals surface area contributed by atoms with Crippen LogP contribution < -0.4 is 0 Å². The van der Waals surface area contributed by atoms with E-state index in [2.05, 4.69) is 11.8 Å². The van der Waals surface area contributed by atoms with Crippen LogP contribution in [0.25, 0.3) is 0 Å². The first kappa shape index (κ1) is 9.96. The van der Waals surface area contributed by atoms with Crippen LogP contribution in [0.4, 0.5) is 0 Å². The third-order valence-electron chi connectivity index (χ3n) is 3.12. The summed E-state index contributed by atoms with van der Waals surface area (Å²) in [5.74, 6) is 0.280. The Balaban J connectivity index is 2.67. The predicted octanol–water partition coefficient (Wildman–Crippen LogP) is -0.0742. The number of hydrogen-bond donors (Lipinski definition) is 2. The SMILES string of the molecule is CC1CN(C)C(C)C(CO)C1O. The molecule has 1 rings (SSSR count). The third kappa shape index (κ3) is 1.63. The van der Waals surface area contributed by atoms with Crippen molar-refractivity contribution >= 4 is 0 Å². The molecule has 2 N–H and O–H groups in total. The van der Waals surface area contributed by atoms with Crippen LogP contribution in [0.15, 0.2) is 0 Å². The number of aliphatic hydroxyl groups is 2. The Morgan fingerprint density at radius 3 is 2.50 bits per heavy atom. The number of likely N-dealkylation sites (tertiary alicyclic amines) is 1. The van der Waals surface area contributed by atoms with E-state index in [1.54, 1.807) is 0 Å². The van der Waals surface area contributed by atoms with E-state index in [0.717, 1.165) is 6.54 Å². The van der Waals surface area contributed by atoms with Crippen LogP contribution in [0.5, 0.6) is 0 Å². The summed E-state index contributed by atoms with van der Waals surface area (Å²) in [6.07, 6.45) is -0.346. The van der Waals surface area contributed by atoms with Crippen LogP contribution in [-0.2, 0) is 0 Å². The second-order valence-electron chi connectivity index (χ2n) is 3.99. The second kappa shape index (κ2) is 3.73. The fourth-order valence-electron chi connectivity index (χ4n) is 2.02. The van der Waals surface area contributed by atoms with Gasteiger partial charge in [0.05, 0.1) is 6.10 Å². The Morgan fingerprint density at radius 2 is 2.00 bits per heavy atom. The predicted molar refractivity (Wildman–Crippen MR) is 47.8 cm³/mol. The first-order chi connectivity index (χ1) is 5.57. The summed E-state index contributed by atoms with van der Waals surface area (Å²) in [6, 6.07) is 0.279. The summed E-state index contributed by atoms with van der Waals surface area (Å²) in [6.45, 7) is 5.07. The zero-order chi connectivity index (χ0) is 9.30. The number of nitrogens with zero attached hydrogens (tertiary/aromatic N) is 1. The van der Waals surface area contributed by atoms with Crippen molar-refractivity contribution in [3.05, 3.63) is 0 Å². The highest BCUT2D eigenvalue weighted by atomic mass is 16.3. The van der Waals surface area contributed by atoms with Gasteiger partial charge in [-0.3, -0.25) is 0 Å². The maximum absolute atomic E-state index is 9.74. The molecule has 4 unspecified atom stereocenters. The van der Waals surface area contributed by atoms with Crippen molar-refractivity contribution in [1.82, 2.24) is 4.90 Å². The summed E-state index contributed by atoms with van der Waals surface area (Å²) in [5.41, 5.74) is 0. The van der Waals surface area contributed by atoms with Crippen molar-refractivity contribution < 1.29 is 10.2 Å². The minimum atomic E-state index is -0.346. The van der Waals surface area contributed by atoms with E-state index in [9.17, 15) is 5.11 Å². The molecule has 72 valence electrons. The topological polar surface area (TPSA) is 43.7 Å². The Morgan fingerprint density at radius 1 is 1.42 bits per heavy atom. The van der Waals surface area contributed by atoms with Gasteiger partial charge in [-0.05, 0) is 19.9 Å². The van der Waals surface area contributed by atoms with Gasteiger partial charge >= 0.3 is 0 Å². The van der Waals surface area contributed by atoms with Crippen molar-refractivity contribution in [3.63, 3.8) is 0 Å². The van der Waals surface area contributed by atoms with Crippen molar-refractivity contribution in [1.29, 1.82) is 0 Å². The third-order valence-corrected chi connectivity index (χ3v) is 3.12. The fourth-order valence-corrected chi connectivity index (χ4v) is 2.02. The maximum atomic E-state index is 9.74. The van der Waals surface area contributed by atoms with Crippen LogP contribution in [0.3, 0.4) is 0 Å². The average Bonchev–Trinajstić information content (AvgIpc) is 2.02. The van der Waals surface area contributed by atoms with E-state index in [1.807, 2.05) is 14.0 Å². The van der Waals surface area contributed by atoms with Crippen LogP contribution in [0, 0.1) is 11.8 Å². The molecule has 0 aromatic rings. The zero-order valence-electron chi connectivity index (χ0n) is 8.07. The standard InChI is InChI=1S/C9H19NO2/c1-6-4-10(3)7(2)8(5-11)9(6)12/h6-9,11-12H,4-5H2,1-3H3. The normalized spacial score (nSPS) is 44.8. The molecule has 1 fully saturated rings. The first-order valence-electron chi connectivity index (χ1n) is 4.57. The first-order valence-corrected chi connectivity index (χ1v) is 4.57. The minimum absolute atomic E-state index is 0.0127.